The monoisotopic (exact) mass is 239 g/mol. The van der Waals surface area contributed by atoms with Crippen LogP contribution >= 0.6 is 11.6 Å². The summed E-state index contributed by atoms with van der Waals surface area (Å²) in [5.41, 5.74) is -1.69. The molecule has 0 N–H and O–H groups in total. The smallest absolute Gasteiger partial charge is 0.258 e. The standard InChI is InChI=1S/C8H5ClF3NO2/c1-4-2-6(9)5(8(10,11)12)3-7(4)13(14)15/h2-3H,1H3. The van der Waals surface area contributed by atoms with Gasteiger partial charge in [0.15, 0.2) is 0 Å². The fourth-order valence-electron chi connectivity index (χ4n) is 1.08. The van der Waals surface area contributed by atoms with E-state index in [1.54, 1.807) is 0 Å². The molecule has 3 nitrogen and oxygen atoms in total. The summed E-state index contributed by atoms with van der Waals surface area (Å²) in [6.45, 7) is 1.32. The van der Waals surface area contributed by atoms with E-state index in [0.717, 1.165) is 6.07 Å². The lowest BCUT2D eigenvalue weighted by molar-refractivity contribution is -0.385. The van der Waals surface area contributed by atoms with Crippen LogP contribution in [0.1, 0.15) is 11.1 Å². The highest BCUT2D eigenvalue weighted by atomic mass is 35.5. The van der Waals surface area contributed by atoms with E-state index < -0.39 is 27.4 Å². The predicted molar refractivity (Wildman–Crippen MR) is 47.8 cm³/mol. The van der Waals surface area contributed by atoms with Crippen molar-refractivity contribution in [3.63, 3.8) is 0 Å². The van der Waals surface area contributed by atoms with Gasteiger partial charge in [0.25, 0.3) is 5.69 Å². The van der Waals surface area contributed by atoms with Gasteiger partial charge in [0, 0.05) is 11.6 Å². The minimum atomic E-state index is -4.68. The lowest BCUT2D eigenvalue weighted by atomic mass is 10.1. The molecular formula is C8H5ClF3NO2. The number of alkyl halides is 3. The van der Waals surface area contributed by atoms with E-state index in [9.17, 15) is 23.3 Å². The van der Waals surface area contributed by atoms with Crippen LogP contribution in [-0.4, -0.2) is 4.92 Å². The second-order valence-electron chi connectivity index (χ2n) is 2.87. The Labute approximate surface area is 87.6 Å². The number of nitro benzene ring substituents is 1. The Kier molecular flexibility index (Phi) is 2.90. The minimum Gasteiger partial charge on any atom is -0.258 e. The highest BCUT2D eigenvalue weighted by Crippen LogP contribution is 2.38. The third-order valence-electron chi connectivity index (χ3n) is 1.79. The number of rotatable bonds is 1. The quantitative estimate of drug-likeness (QED) is 0.555. The van der Waals surface area contributed by atoms with Gasteiger partial charge in [-0.05, 0) is 13.0 Å². The molecule has 1 aromatic carbocycles. The molecule has 0 heterocycles. The summed E-state index contributed by atoms with van der Waals surface area (Å²) in [7, 11) is 0. The Balaban J connectivity index is 3.43. The number of benzene rings is 1. The van der Waals surface area contributed by atoms with Crippen LogP contribution in [0.4, 0.5) is 18.9 Å². The van der Waals surface area contributed by atoms with Gasteiger partial charge in [0.1, 0.15) is 0 Å². The minimum absolute atomic E-state index is 0.0954. The molecule has 0 aromatic heterocycles. The van der Waals surface area contributed by atoms with Gasteiger partial charge in [0.2, 0.25) is 0 Å². The van der Waals surface area contributed by atoms with Gasteiger partial charge in [0.05, 0.1) is 15.5 Å². The maximum Gasteiger partial charge on any atom is 0.418 e. The first kappa shape index (κ1) is 11.8. The first-order chi connectivity index (χ1) is 6.73. The molecule has 0 amide bonds. The molecule has 0 unspecified atom stereocenters. The number of halogens is 4. The molecule has 0 radical (unpaired) electrons. The van der Waals surface area contributed by atoms with Gasteiger partial charge in [-0.2, -0.15) is 13.2 Å². The van der Waals surface area contributed by atoms with E-state index in [-0.39, 0.29) is 5.56 Å². The molecule has 0 aliphatic carbocycles. The van der Waals surface area contributed by atoms with Gasteiger partial charge in [-0.15, -0.1) is 0 Å². The second kappa shape index (κ2) is 3.69. The van der Waals surface area contributed by atoms with Crippen LogP contribution in [-0.2, 0) is 6.18 Å². The van der Waals surface area contributed by atoms with Crippen molar-refractivity contribution < 1.29 is 18.1 Å². The summed E-state index contributed by atoms with van der Waals surface area (Å²) >= 11 is 5.35. The van der Waals surface area contributed by atoms with E-state index in [1.165, 1.54) is 6.92 Å². The molecule has 0 atom stereocenters. The molecule has 0 saturated heterocycles. The Morgan fingerprint density at radius 3 is 2.33 bits per heavy atom. The van der Waals surface area contributed by atoms with Crippen LogP contribution in [0, 0.1) is 17.0 Å². The van der Waals surface area contributed by atoms with Gasteiger partial charge in [-0.3, -0.25) is 10.1 Å². The molecule has 0 spiro atoms. The molecule has 15 heavy (non-hydrogen) atoms. The zero-order valence-corrected chi connectivity index (χ0v) is 8.19. The number of hydrogen-bond donors (Lipinski definition) is 0. The van der Waals surface area contributed by atoms with Gasteiger partial charge < -0.3 is 0 Å². The molecule has 0 fully saturated rings. The average molecular weight is 240 g/mol. The zero-order valence-electron chi connectivity index (χ0n) is 7.43. The molecule has 0 saturated carbocycles. The van der Waals surface area contributed by atoms with Crippen molar-refractivity contribution in [2.45, 2.75) is 13.1 Å². The van der Waals surface area contributed by atoms with Crippen molar-refractivity contribution in [1.29, 1.82) is 0 Å². The van der Waals surface area contributed by atoms with Crippen molar-refractivity contribution in [1.82, 2.24) is 0 Å². The summed E-state index contributed by atoms with van der Waals surface area (Å²) in [5, 5.41) is 9.87. The largest absolute Gasteiger partial charge is 0.418 e. The van der Waals surface area contributed by atoms with E-state index >= 15 is 0 Å². The highest BCUT2D eigenvalue weighted by molar-refractivity contribution is 6.31. The zero-order chi connectivity index (χ0) is 11.8. The normalized spacial score (nSPS) is 11.5. The first-order valence-corrected chi connectivity index (χ1v) is 4.13. The maximum absolute atomic E-state index is 12.3. The molecule has 82 valence electrons. The molecule has 0 aliphatic rings. The summed E-state index contributed by atoms with van der Waals surface area (Å²) in [6, 6.07) is 1.38. The molecular weight excluding hydrogens is 235 g/mol. The van der Waals surface area contributed by atoms with Crippen LogP contribution in [0.25, 0.3) is 0 Å². The summed E-state index contributed by atoms with van der Waals surface area (Å²) in [5.74, 6) is 0. The van der Waals surface area contributed by atoms with Gasteiger partial charge >= 0.3 is 6.18 Å². The number of aryl methyl sites for hydroxylation is 1. The lowest BCUT2D eigenvalue weighted by Crippen LogP contribution is -2.07. The Hall–Kier alpha value is -1.30. The topological polar surface area (TPSA) is 43.1 Å². The van der Waals surface area contributed by atoms with E-state index in [0.29, 0.717) is 6.07 Å². The summed E-state index contributed by atoms with van der Waals surface area (Å²) in [4.78, 5) is 9.53. The van der Waals surface area contributed by atoms with E-state index in [1.807, 2.05) is 0 Å². The predicted octanol–water partition coefficient (Wildman–Crippen LogP) is 3.58. The van der Waals surface area contributed by atoms with E-state index in [2.05, 4.69) is 0 Å². The summed E-state index contributed by atoms with van der Waals surface area (Å²) < 4.78 is 37.0. The fraction of sp³-hybridized carbons (Fsp3) is 0.250. The fourth-order valence-corrected chi connectivity index (χ4v) is 1.40. The third kappa shape index (κ3) is 2.38. The second-order valence-corrected chi connectivity index (χ2v) is 3.28. The maximum atomic E-state index is 12.3. The summed E-state index contributed by atoms with van der Waals surface area (Å²) in [6.07, 6.45) is -4.68. The average Bonchev–Trinajstić information content (AvgIpc) is 2.00. The molecule has 0 aliphatic heterocycles. The Morgan fingerprint density at radius 2 is 1.93 bits per heavy atom. The van der Waals surface area contributed by atoms with Crippen LogP contribution in [0.2, 0.25) is 5.02 Å². The van der Waals surface area contributed by atoms with Crippen LogP contribution in [0.3, 0.4) is 0 Å². The van der Waals surface area contributed by atoms with Crippen LogP contribution < -0.4 is 0 Å². The van der Waals surface area contributed by atoms with Crippen molar-refractivity contribution in [3.05, 3.63) is 38.4 Å². The third-order valence-corrected chi connectivity index (χ3v) is 2.10. The lowest BCUT2D eigenvalue weighted by Gasteiger charge is -2.09. The molecule has 7 heteroatoms. The van der Waals surface area contributed by atoms with Crippen molar-refractivity contribution in [2.24, 2.45) is 0 Å². The number of hydrogen-bond acceptors (Lipinski definition) is 2. The first-order valence-electron chi connectivity index (χ1n) is 3.75. The molecule has 1 aromatic rings. The van der Waals surface area contributed by atoms with E-state index in [4.69, 9.17) is 11.6 Å². The Bertz CT molecular complexity index is 417. The van der Waals surface area contributed by atoms with Crippen molar-refractivity contribution in [3.8, 4) is 0 Å². The highest BCUT2D eigenvalue weighted by Gasteiger charge is 2.35. The number of nitrogens with zero attached hydrogens (tertiary/aromatic N) is 1. The molecule has 0 bridgehead atoms. The molecule has 1 rings (SSSR count). The van der Waals surface area contributed by atoms with Gasteiger partial charge in [-0.1, -0.05) is 11.6 Å². The SMILES string of the molecule is Cc1cc(Cl)c(C(F)(F)F)cc1[N+](=O)[O-]. The van der Waals surface area contributed by atoms with Gasteiger partial charge in [-0.25, -0.2) is 0 Å². The van der Waals surface area contributed by atoms with Crippen molar-refractivity contribution in [2.75, 3.05) is 0 Å². The Morgan fingerprint density at radius 1 is 1.40 bits per heavy atom. The van der Waals surface area contributed by atoms with Crippen molar-refractivity contribution >= 4 is 17.3 Å². The van der Waals surface area contributed by atoms with Crippen LogP contribution in [0.5, 0.6) is 0 Å². The number of nitro groups is 1. The van der Waals surface area contributed by atoms with Crippen LogP contribution in [0.15, 0.2) is 12.1 Å².